The maximum Gasteiger partial charge on any atom is 0.338 e. The second-order valence-electron chi connectivity index (χ2n) is 7.18. The van der Waals surface area contributed by atoms with Crippen molar-refractivity contribution < 1.29 is 19.1 Å². The Morgan fingerprint density at radius 3 is 2.52 bits per heavy atom. The Morgan fingerprint density at radius 2 is 1.84 bits per heavy atom. The van der Waals surface area contributed by atoms with Crippen molar-refractivity contribution in [2.45, 2.75) is 19.5 Å². The lowest BCUT2D eigenvalue weighted by Gasteiger charge is -2.31. The summed E-state index contributed by atoms with van der Waals surface area (Å²) in [7, 11) is 3.54. The molecule has 0 radical (unpaired) electrons. The summed E-state index contributed by atoms with van der Waals surface area (Å²) in [5.74, 6) is 0.304. The van der Waals surface area contributed by atoms with Gasteiger partial charge in [-0.3, -0.25) is 4.90 Å². The molecule has 2 amide bonds. The van der Waals surface area contributed by atoms with Crippen LogP contribution in [0.2, 0.25) is 5.02 Å². The molecule has 3 rings (SSSR count). The zero-order valence-corrected chi connectivity index (χ0v) is 18.5. The molecular formula is C23H26ClN3O4. The van der Waals surface area contributed by atoms with E-state index >= 15 is 0 Å². The highest BCUT2D eigenvalue weighted by molar-refractivity contribution is 6.30. The van der Waals surface area contributed by atoms with Crippen LogP contribution >= 0.6 is 11.6 Å². The summed E-state index contributed by atoms with van der Waals surface area (Å²) in [6.45, 7) is 2.88. The predicted molar refractivity (Wildman–Crippen MR) is 119 cm³/mol. The normalized spacial score (nSPS) is 16.0. The fourth-order valence-electron chi connectivity index (χ4n) is 3.55. The summed E-state index contributed by atoms with van der Waals surface area (Å²) >= 11 is 6.01. The third-order valence-corrected chi connectivity index (χ3v) is 5.17. The van der Waals surface area contributed by atoms with E-state index in [9.17, 15) is 9.59 Å². The van der Waals surface area contributed by atoms with E-state index in [1.165, 1.54) is 0 Å². The van der Waals surface area contributed by atoms with Crippen LogP contribution in [0.15, 0.2) is 59.8 Å². The van der Waals surface area contributed by atoms with Crippen LogP contribution in [0, 0.1) is 0 Å². The second-order valence-corrected chi connectivity index (χ2v) is 7.62. The number of esters is 1. The first-order chi connectivity index (χ1) is 14.9. The predicted octanol–water partition coefficient (Wildman–Crippen LogP) is 3.65. The third kappa shape index (κ3) is 5.57. The summed E-state index contributed by atoms with van der Waals surface area (Å²) in [6, 6.07) is 13.7. The second kappa shape index (κ2) is 10.3. The number of likely N-dealkylation sites (N-methyl/N-ethyl adjacent to an activating group) is 1. The van der Waals surface area contributed by atoms with Crippen molar-refractivity contribution in [3.63, 3.8) is 0 Å². The minimum atomic E-state index is -0.639. The van der Waals surface area contributed by atoms with Gasteiger partial charge in [0.1, 0.15) is 5.75 Å². The van der Waals surface area contributed by atoms with Crippen molar-refractivity contribution >= 4 is 23.6 Å². The van der Waals surface area contributed by atoms with Gasteiger partial charge >= 0.3 is 12.0 Å². The van der Waals surface area contributed by atoms with Crippen LogP contribution in [0.25, 0.3) is 0 Å². The van der Waals surface area contributed by atoms with E-state index in [-0.39, 0.29) is 12.6 Å². The van der Waals surface area contributed by atoms with E-state index in [0.717, 1.165) is 16.9 Å². The number of hydrogen-bond donors (Lipinski definition) is 2. The Hall–Kier alpha value is -3.03. The smallest absolute Gasteiger partial charge is 0.338 e. The van der Waals surface area contributed by atoms with E-state index < -0.39 is 12.0 Å². The first-order valence-electron chi connectivity index (χ1n) is 9.96. The van der Waals surface area contributed by atoms with Gasteiger partial charge in [-0.15, -0.1) is 0 Å². The number of nitrogens with zero attached hydrogens (tertiary/aromatic N) is 1. The number of carbonyl (C=O) groups excluding carboxylic acids is 2. The maximum atomic E-state index is 12.9. The van der Waals surface area contributed by atoms with Gasteiger partial charge in [-0.25, -0.2) is 9.59 Å². The molecule has 0 saturated carbocycles. The van der Waals surface area contributed by atoms with Crippen molar-refractivity contribution in [1.82, 2.24) is 15.5 Å². The molecule has 1 heterocycles. The largest absolute Gasteiger partial charge is 0.496 e. The first kappa shape index (κ1) is 22.7. The van der Waals surface area contributed by atoms with Gasteiger partial charge in [0.2, 0.25) is 0 Å². The number of urea groups is 1. The van der Waals surface area contributed by atoms with Gasteiger partial charge in [-0.05, 0) is 37.7 Å². The molecule has 2 aromatic carbocycles. The highest BCUT2D eigenvalue weighted by Crippen LogP contribution is 2.29. The van der Waals surface area contributed by atoms with Crippen molar-refractivity contribution in [3.8, 4) is 5.75 Å². The van der Waals surface area contributed by atoms with Gasteiger partial charge in [0.15, 0.2) is 0 Å². The van der Waals surface area contributed by atoms with Crippen molar-refractivity contribution in [1.29, 1.82) is 0 Å². The quantitative estimate of drug-likeness (QED) is 0.609. The number of rotatable bonds is 8. The van der Waals surface area contributed by atoms with Gasteiger partial charge in [0, 0.05) is 29.4 Å². The molecule has 0 aromatic heterocycles. The third-order valence-electron chi connectivity index (χ3n) is 4.91. The van der Waals surface area contributed by atoms with Gasteiger partial charge < -0.3 is 20.1 Å². The summed E-state index contributed by atoms with van der Waals surface area (Å²) in [6.07, 6.45) is 0. The highest BCUT2D eigenvalue weighted by atomic mass is 35.5. The number of halogens is 1. The molecule has 0 spiro atoms. The molecule has 2 aromatic rings. The average molecular weight is 444 g/mol. The molecular weight excluding hydrogens is 418 g/mol. The minimum Gasteiger partial charge on any atom is -0.496 e. The number of methoxy groups -OCH3 is 1. The van der Waals surface area contributed by atoms with E-state index in [1.54, 1.807) is 38.3 Å². The molecule has 31 heavy (non-hydrogen) atoms. The molecule has 164 valence electrons. The summed E-state index contributed by atoms with van der Waals surface area (Å²) in [4.78, 5) is 27.3. The van der Waals surface area contributed by atoms with Crippen LogP contribution in [0.3, 0.4) is 0 Å². The number of carbonyl (C=O) groups is 2. The monoisotopic (exact) mass is 443 g/mol. The van der Waals surface area contributed by atoms with E-state index in [2.05, 4.69) is 10.6 Å². The summed E-state index contributed by atoms with van der Waals surface area (Å²) < 4.78 is 10.7. The zero-order chi connectivity index (χ0) is 22.4. The lowest BCUT2D eigenvalue weighted by molar-refractivity contribution is -0.139. The summed E-state index contributed by atoms with van der Waals surface area (Å²) in [5, 5.41) is 6.19. The zero-order valence-electron chi connectivity index (χ0n) is 17.8. The average Bonchev–Trinajstić information content (AvgIpc) is 2.74. The van der Waals surface area contributed by atoms with Gasteiger partial charge in [-0.2, -0.15) is 0 Å². The van der Waals surface area contributed by atoms with E-state index in [0.29, 0.717) is 29.4 Å². The van der Waals surface area contributed by atoms with Gasteiger partial charge in [0.05, 0.1) is 25.3 Å². The van der Waals surface area contributed by atoms with E-state index in [1.807, 2.05) is 36.2 Å². The van der Waals surface area contributed by atoms with Crippen LogP contribution in [-0.2, 0) is 16.1 Å². The van der Waals surface area contributed by atoms with Crippen LogP contribution < -0.4 is 15.4 Å². The molecule has 0 saturated heterocycles. The Kier molecular flexibility index (Phi) is 7.55. The molecule has 1 aliphatic rings. The lowest BCUT2D eigenvalue weighted by Crippen LogP contribution is -2.48. The standard InChI is InChI=1S/C23H26ClN3O4/c1-4-31-22(28)20-18(14-27(2)13-16-7-5-6-8-19(16)30-3)25-23(29)26-21(20)15-9-11-17(24)12-10-15/h5-12,21H,4,13-14H2,1-3H3,(H2,25,26,29). The van der Waals surface area contributed by atoms with E-state index in [4.69, 9.17) is 21.1 Å². The number of ether oxygens (including phenoxy) is 2. The Labute approximate surface area is 187 Å². The minimum absolute atomic E-state index is 0.230. The SMILES string of the molecule is CCOC(=O)C1=C(CN(C)Cc2ccccc2OC)NC(=O)NC1c1ccc(Cl)cc1. The first-order valence-corrected chi connectivity index (χ1v) is 10.3. The molecule has 7 nitrogen and oxygen atoms in total. The van der Waals surface area contributed by atoms with Crippen LogP contribution in [0.1, 0.15) is 24.1 Å². The number of hydrogen-bond acceptors (Lipinski definition) is 5. The Bertz CT molecular complexity index is 975. The number of benzene rings is 2. The Balaban J connectivity index is 1.93. The number of para-hydroxylation sites is 1. The topological polar surface area (TPSA) is 79.9 Å². The van der Waals surface area contributed by atoms with Crippen LogP contribution in [0.5, 0.6) is 5.75 Å². The fourth-order valence-corrected chi connectivity index (χ4v) is 3.67. The summed E-state index contributed by atoms with van der Waals surface area (Å²) in [5.41, 5.74) is 2.61. The van der Waals surface area contributed by atoms with Crippen LogP contribution in [0.4, 0.5) is 4.79 Å². The number of amides is 2. The van der Waals surface area contributed by atoms with Crippen molar-refractivity contribution in [2.75, 3.05) is 27.3 Å². The molecule has 0 fully saturated rings. The van der Waals surface area contributed by atoms with Gasteiger partial charge in [0.25, 0.3) is 0 Å². The molecule has 0 bridgehead atoms. The lowest BCUT2D eigenvalue weighted by atomic mass is 9.95. The van der Waals surface area contributed by atoms with Crippen molar-refractivity contribution in [3.05, 3.63) is 76.0 Å². The molecule has 2 N–H and O–H groups in total. The Morgan fingerprint density at radius 1 is 1.13 bits per heavy atom. The molecule has 8 heteroatoms. The number of nitrogens with one attached hydrogen (secondary N) is 2. The van der Waals surface area contributed by atoms with Crippen LogP contribution in [-0.4, -0.2) is 44.2 Å². The fraction of sp³-hybridized carbons (Fsp3) is 0.304. The molecule has 1 atom stereocenters. The molecule has 1 aliphatic heterocycles. The molecule has 0 aliphatic carbocycles. The molecule has 1 unspecified atom stereocenters. The highest BCUT2D eigenvalue weighted by Gasteiger charge is 2.34. The van der Waals surface area contributed by atoms with Crippen molar-refractivity contribution in [2.24, 2.45) is 0 Å². The maximum absolute atomic E-state index is 12.9. The van der Waals surface area contributed by atoms with Gasteiger partial charge in [-0.1, -0.05) is 41.9 Å².